The Kier molecular flexibility index (Phi) is 7.04. The number of nitrogens with one attached hydrogen (secondary N) is 1. The van der Waals surface area contributed by atoms with E-state index in [9.17, 15) is 23.3 Å². The standard InChI is InChI=1S/C21H25N3O5S/c25-21(22-15-17-8-3-1-4-9-17)16-23(18-10-7-11-19(14-18)24(26)27)30(28,29)20-12-5-2-6-13-20/h2,5-7,10-14,17H,1,3-4,8-9,15-16H2,(H,22,25). The first-order valence-electron chi connectivity index (χ1n) is 9.97. The number of rotatable bonds is 8. The Morgan fingerprint density at radius 2 is 1.77 bits per heavy atom. The summed E-state index contributed by atoms with van der Waals surface area (Å²) in [6.45, 7) is 0.0537. The molecule has 3 rings (SSSR count). The molecule has 0 atom stereocenters. The van der Waals surface area contributed by atoms with Crippen molar-refractivity contribution < 1.29 is 18.1 Å². The van der Waals surface area contributed by atoms with Gasteiger partial charge in [-0.2, -0.15) is 0 Å². The average Bonchev–Trinajstić information content (AvgIpc) is 2.77. The van der Waals surface area contributed by atoms with Crippen LogP contribution in [0.3, 0.4) is 0 Å². The largest absolute Gasteiger partial charge is 0.354 e. The van der Waals surface area contributed by atoms with Crippen LogP contribution in [0.5, 0.6) is 0 Å². The van der Waals surface area contributed by atoms with Gasteiger partial charge >= 0.3 is 0 Å². The molecule has 0 radical (unpaired) electrons. The van der Waals surface area contributed by atoms with Crippen LogP contribution in [0.1, 0.15) is 32.1 Å². The number of anilines is 1. The summed E-state index contributed by atoms with van der Waals surface area (Å²) >= 11 is 0. The Labute approximate surface area is 176 Å². The predicted molar refractivity (Wildman–Crippen MR) is 114 cm³/mol. The van der Waals surface area contributed by atoms with Gasteiger partial charge in [-0.15, -0.1) is 0 Å². The van der Waals surface area contributed by atoms with E-state index in [1.54, 1.807) is 18.2 Å². The fraction of sp³-hybridized carbons (Fsp3) is 0.381. The molecule has 2 aromatic carbocycles. The molecule has 9 heteroatoms. The minimum Gasteiger partial charge on any atom is -0.354 e. The first kappa shape index (κ1) is 21.8. The molecule has 0 heterocycles. The van der Waals surface area contributed by atoms with E-state index in [2.05, 4.69) is 5.32 Å². The van der Waals surface area contributed by atoms with Crippen LogP contribution in [0.2, 0.25) is 0 Å². The van der Waals surface area contributed by atoms with E-state index in [-0.39, 0.29) is 16.3 Å². The summed E-state index contributed by atoms with van der Waals surface area (Å²) in [6, 6.07) is 13.0. The molecule has 0 saturated heterocycles. The highest BCUT2D eigenvalue weighted by molar-refractivity contribution is 7.92. The normalized spacial score (nSPS) is 14.8. The summed E-state index contributed by atoms with van der Waals surface area (Å²) in [6.07, 6.45) is 5.60. The molecule has 2 aromatic rings. The highest BCUT2D eigenvalue weighted by atomic mass is 32.2. The van der Waals surface area contributed by atoms with Gasteiger partial charge < -0.3 is 5.32 Å². The third-order valence-electron chi connectivity index (χ3n) is 5.26. The van der Waals surface area contributed by atoms with Crippen molar-refractivity contribution in [3.8, 4) is 0 Å². The molecule has 0 unspecified atom stereocenters. The minimum absolute atomic E-state index is 0.0107. The Bertz CT molecular complexity index is 989. The molecule has 0 spiro atoms. The van der Waals surface area contributed by atoms with Crippen LogP contribution >= 0.6 is 0 Å². The van der Waals surface area contributed by atoms with Crippen LogP contribution in [0.15, 0.2) is 59.5 Å². The topological polar surface area (TPSA) is 110 Å². The van der Waals surface area contributed by atoms with Crippen molar-refractivity contribution in [1.29, 1.82) is 0 Å². The number of amides is 1. The average molecular weight is 432 g/mol. The van der Waals surface area contributed by atoms with Crippen LogP contribution in [0, 0.1) is 16.0 Å². The molecule has 1 fully saturated rings. The summed E-state index contributed by atoms with van der Waals surface area (Å²) in [7, 11) is -4.08. The van der Waals surface area contributed by atoms with E-state index in [4.69, 9.17) is 0 Å². The lowest BCUT2D eigenvalue weighted by atomic mass is 9.89. The summed E-state index contributed by atoms with van der Waals surface area (Å²) in [5, 5.41) is 14.0. The van der Waals surface area contributed by atoms with Gasteiger partial charge in [-0.05, 0) is 37.0 Å². The smallest absolute Gasteiger partial charge is 0.271 e. The van der Waals surface area contributed by atoms with E-state index in [0.717, 1.165) is 36.1 Å². The Hall–Kier alpha value is -2.94. The van der Waals surface area contributed by atoms with E-state index in [1.165, 1.54) is 36.8 Å². The number of carbonyl (C=O) groups excluding carboxylic acids is 1. The number of nitro benzene ring substituents is 1. The number of benzene rings is 2. The molecule has 30 heavy (non-hydrogen) atoms. The maximum atomic E-state index is 13.2. The van der Waals surface area contributed by atoms with Gasteiger partial charge in [0.2, 0.25) is 5.91 Å². The lowest BCUT2D eigenvalue weighted by Crippen LogP contribution is -2.42. The van der Waals surface area contributed by atoms with Crippen molar-refractivity contribution in [3.05, 3.63) is 64.7 Å². The van der Waals surface area contributed by atoms with E-state index >= 15 is 0 Å². The maximum Gasteiger partial charge on any atom is 0.271 e. The maximum absolute atomic E-state index is 13.2. The number of carbonyl (C=O) groups is 1. The monoisotopic (exact) mass is 431 g/mol. The molecule has 0 aliphatic heterocycles. The first-order valence-corrected chi connectivity index (χ1v) is 11.4. The summed E-state index contributed by atoms with van der Waals surface area (Å²) in [5.41, 5.74) is -0.177. The molecule has 160 valence electrons. The number of non-ortho nitro benzene ring substituents is 1. The van der Waals surface area contributed by atoms with Gasteiger partial charge in [-0.1, -0.05) is 43.5 Å². The van der Waals surface area contributed by atoms with Crippen LogP contribution in [-0.4, -0.2) is 32.3 Å². The Morgan fingerprint density at radius 1 is 1.07 bits per heavy atom. The van der Waals surface area contributed by atoms with Crippen LogP contribution in [0.25, 0.3) is 0 Å². The van der Waals surface area contributed by atoms with Gasteiger partial charge in [0.25, 0.3) is 15.7 Å². The van der Waals surface area contributed by atoms with Crippen molar-refractivity contribution >= 4 is 27.3 Å². The van der Waals surface area contributed by atoms with Crippen LogP contribution in [-0.2, 0) is 14.8 Å². The SMILES string of the molecule is O=C(CN(c1cccc([N+](=O)[O-])c1)S(=O)(=O)c1ccccc1)NCC1CCCCC1. The van der Waals surface area contributed by atoms with E-state index in [0.29, 0.717) is 12.5 Å². The molecular weight excluding hydrogens is 406 g/mol. The number of nitrogens with zero attached hydrogens (tertiary/aromatic N) is 2. The molecule has 1 saturated carbocycles. The van der Waals surface area contributed by atoms with Crippen molar-refractivity contribution in [3.63, 3.8) is 0 Å². The molecule has 1 amide bonds. The molecule has 1 aliphatic rings. The van der Waals surface area contributed by atoms with E-state index in [1.807, 2.05) is 0 Å². The fourth-order valence-electron chi connectivity index (χ4n) is 3.63. The number of hydrogen-bond donors (Lipinski definition) is 1. The van der Waals surface area contributed by atoms with Crippen molar-refractivity contribution in [2.45, 2.75) is 37.0 Å². The van der Waals surface area contributed by atoms with Crippen LogP contribution in [0.4, 0.5) is 11.4 Å². The second-order valence-electron chi connectivity index (χ2n) is 7.41. The second kappa shape index (κ2) is 9.71. The molecule has 0 bridgehead atoms. The molecule has 8 nitrogen and oxygen atoms in total. The van der Waals surface area contributed by atoms with Crippen molar-refractivity contribution in [2.75, 3.05) is 17.4 Å². The minimum atomic E-state index is -4.08. The lowest BCUT2D eigenvalue weighted by Gasteiger charge is -2.25. The first-order chi connectivity index (χ1) is 14.4. The van der Waals surface area contributed by atoms with Gasteiger partial charge in [0.05, 0.1) is 15.5 Å². The number of nitro groups is 1. The predicted octanol–water partition coefficient (Wildman–Crippen LogP) is 3.49. The zero-order chi connectivity index (χ0) is 21.6. The fourth-order valence-corrected chi connectivity index (χ4v) is 5.07. The van der Waals surface area contributed by atoms with Crippen LogP contribution < -0.4 is 9.62 Å². The molecule has 1 N–H and O–H groups in total. The third kappa shape index (κ3) is 5.35. The third-order valence-corrected chi connectivity index (χ3v) is 7.05. The molecule has 0 aromatic heterocycles. The van der Waals surface area contributed by atoms with Gasteiger partial charge in [0, 0.05) is 18.7 Å². The second-order valence-corrected chi connectivity index (χ2v) is 9.27. The molecular formula is C21H25N3O5S. The number of sulfonamides is 1. The highest BCUT2D eigenvalue weighted by Crippen LogP contribution is 2.27. The summed E-state index contributed by atoms with van der Waals surface area (Å²) < 4.78 is 27.4. The molecule has 1 aliphatic carbocycles. The lowest BCUT2D eigenvalue weighted by molar-refractivity contribution is -0.384. The van der Waals surface area contributed by atoms with Crippen molar-refractivity contribution in [1.82, 2.24) is 5.32 Å². The van der Waals surface area contributed by atoms with Gasteiger partial charge in [-0.3, -0.25) is 19.2 Å². The van der Waals surface area contributed by atoms with Gasteiger partial charge in [-0.25, -0.2) is 8.42 Å². The van der Waals surface area contributed by atoms with E-state index < -0.39 is 27.4 Å². The zero-order valence-electron chi connectivity index (χ0n) is 16.6. The summed E-state index contributed by atoms with van der Waals surface area (Å²) in [4.78, 5) is 23.2. The highest BCUT2D eigenvalue weighted by Gasteiger charge is 2.28. The van der Waals surface area contributed by atoms with Gasteiger partial charge in [0.1, 0.15) is 6.54 Å². The summed E-state index contributed by atoms with van der Waals surface area (Å²) in [5.74, 6) is -0.0359. The number of hydrogen-bond acceptors (Lipinski definition) is 5. The Morgan fingerprint density at radius 3 is 2.43 bits per heavy atom. The quantitative estimate of drug-likeness (QED) is 0.508. The zero-order valence-corrected chi connectivity index (χ0v) is 17.4. The van der Waals surface area contributed by atoms with Crippen molar-refractivity contribution in [2.24, 2.45) is 5.92 Å². The van der Waals surface area contributed by atoms with Gasteiger partial charge in [0.15, 0.2) is 0 Å². The Balaban J connectivity index is 1.85.